The Morgan fingerprint density at radius 1 is 0.452 bits per heavy atom. The molecule has 2 aliphatic heterocycles. The zero-order valence-electron chi connectivity index (χ0n) is 45.1. The first kappa shape index (κ1) is 66.6. The molecule has 2 saturated heterocycles. The minimum atomic E-state index is -1.77. The molecule has 7 N–H and O–H groups in total. The number of allylic oxidation sites excluding steroid dienone is 8. The molecule has 2 heterocycles. The van der Waals surface area contributed by atoms with Crippen molar-refractivity contribution in [3.05, 3.63) is 48.6 Å². The van der Waals surface area contributed by atoms with Crippen LogP contribution >= 0.6 is 0 Å². The zero-order chi connectivity index (χ0) is 53.2. The third-order valence-corrected chi connectivity index (χ3v) is 13.6. The van der Waals surface area contributed by atoms with Crippen molar-refractivity contribution in [2.24, 2.45) is 0 Å². The SMILES string of the molecule is CC/C=C\C/C=C\C/C=C\C/C=C\CCCCCCCCCCCCC(=O)OC(COC(=O)CCCCCCCCCCCCCCCC)COC1OC(COC2OC(CO)C(O)C(O)C2O)C(O)C(O)C1O. The Labute approximate surface area is 439 Å². The minimum absolute atomic E-state index is 0.160. The van der Waals surface area contributed by atoms with Gasteiger partial charge in [0.05, 0.1) is 19.8 Å². The fraction of sp³-hybridized carbons (Fsp3) is 0.828. The molecule has 0 aliphatic carbocycles. The third-order valence-electron chi connectivity index (χ3n) is 13.6. The Balaban J connectivity index is 1.74. The molecule has 0 aromatic carbocycles. The Kier molecular flexibility index (Phi) is 40.6. The molecule has 0 aromatic rings. The van der Waals surface area contributed by atoms with Crippen LogP contribution < -0.4 is 0 Å². The fourth-order valence-corrected chi connectivity index (χ4v) is 8.92. The van der Waals surface area contributed by atoms with E-state index in [1.54, 1.807) is 0 Å². The van der Waals surface area contributed by atoms with Gasteiger partial charge in [0, 0.05) is 12.8 Å². The normalized spacial score (nSPS) is 25.2. The van der Waals surface area contributed by atoms with Gasteiger partial charge >= 0.3 is 11.9 Å². The monoisotopic (exact) mass is 1040 g/mol. The average molecular weight is 1040 g/mol. The molecular weight excluding hydrogens is 937 g/mol. The summed E-state index contributed by atoms with van der Waals surface area (Å²) in [6.07, 6.45) is 34.1. The molecule has 0 radical (unpaired) electrons. The number of esters is 2. The lowest BCUT2D eigenvalue weighted by Gasteiger charge is -2.42. The van der Waals surface area contributed by atoms with E-state index in [1.807, 2.05) is 0 Å². The maximum absolute atomic E-state index is 13.1. The molecule has 2 fully saturated rings. The fourth-order valence-electron chi connectivity index (χ4n) is 8.92. The number of unbranched alkanes of at least 4 members (excludes halogenated alkanes) is 23. The van der Waals surface area contributed by atoms with Gasteiger partial charge in [0.2, 0.25) is 0 Å². The number of aliphatic hydroxyl groups excluding tert-OH is 7. The number of hydrogen-bond acceptors (Lipinski definition) is 15. The number of carbonyl (C=O) groups excluding carboxylic acids is 2. The van der Waals surface area contributed by atoms with Gasteiger partial charge in [-0.2, -0.15) is 0 Å². The molecule has 11 atom stereocenters. The second kappa shape index (κ2) is 44.6. The van der Waals surface area contributed by atoms with Crippen LogP contribution in [0.2, 0.25) is 0 Å². The maximum atomic E-state index is 13.1. The van der Waals surface area contributed by atoms with Crippen LogP contribution in [0, 0.1) is 0 Å². The van der Waals surface area contributed by atoms with E-state index >= 15 is 0 Å². The lowest BCUT2D eigenvalue weighted by Crippen LogP contribution is -2.61. The van der Waals surface area contributed by atoms with E-state index in [4.69, 9.17) is 28.4 Å². The molecule has 2 rings (SSSR count). The first-order valence-electron chi connectivity index (χ1n) is 28.7. The van der Waals surface area contributed by atoms with Crippen molar-refractivity contribution in [3.63, 3.8) is 0 Å². The van der Waals surface area contributed by atoms with Crippen molar-refractivity contribution in [1.29, 1.82) is 0 Å². The first-order valence-corrected chi connectivity index (χ1v) is 28.7. The van der Waals surface area contributed by atoms with Gasteiger partial charge in [-0.25, -0.2) is 0 Å². The van der Waals surface area contributed by atoms with Crippen LogP contribution in [0.25, 0.3) is 0 Å². The van der Waals surface area contributed by atoms with Gasteiger partial charge in [0.15, 0.2) is 18.7 Å². The summed E-state index contributed by atoms with van der Waals surface area (Å²) in [5.74, 6) is -0.923. The molecule has 0 amide bonds. The van der Waals surface area contributed by atoms with Crippen LogP contribution in [0.3, 0.4) is 0 Å². The van der Waals surface area contributed by atoms with Crippen LogP contribution in [0.4, 0.5) is 0 Å². The van der Waals surface area contributed by atoms with E-state index in [0.717, 1.165) is 77.0 Å². The van der Waals surface area contributed by atoms with Crippen LogP contribution in [0.15, 0.2) is 48.6 Å². The van der Waals surface area contributed by atoms with Crippen molar-refractivity contribution in [2.45, 2.75) is 280 Å². The van der Waals surface area contributed by atoms with Crippen molar-refractivity contribution < 1.29 is 73.8 Å². The van der Waals surface area contributed by atoms with Crippen LogP contribution in [-0.4, -0.2) is 142 Å². The molecule has 2 aliphatic rings. The molecule has 0 spiro atoms. The molecular formula is C58H102O15. The molecule has 0 saturated carbocycles. The second-order valence-electron chi connectivity index (χ2n) is 20.1. The smallest absolute Gasteiger partial charge is 0.306 e. The van der Waals surface area contributed by atoms with Crippen LogP contribution in [0.1, 0.15) is 213 Å². The molecule has 15 nitrogen and oxygen atoms in total. The Bertz CT molecular complexity index is 1450. The predicted molar refractivity (Wildman–Crippen MR) is 284 cm³/mol. The second-order valence-corrected chi connectivity index (χ2v) is 20.1. The minimum Gasteiger partial charge on any atom is -0.462 e. The Hall–Kier alpha value is -2.54. The summed E-state index contributed by atoms with van der Waals surface area (Å²) < 4.78 is 33.7. The number of ether oxygens (including phenoxy) is 6. The standard InChI is InChI=1S/C58H102O15/c1-3-5-7-9-11-13-15-17-19-20-21-22-23-24-25-26-27-29-31-33-35-37-39-41-50(61)71-46(43-68-49(60)40-38-36-34-32-30-28-18-16-14-12-10-8-6-4-2)44-69-57-56(67)54(65)52(63)48(73-57)45-70-58-55(66)53(64)51(62)47(42-59)72-58/h5,7,11,13,17,19,21-22,46-48,51-59,62-67H,3-4,6,8-10,12,14-16,18,20,23-45H2,1-2H3/b7-5-,13-11-,19-17-,22-21-. The van der Waals surface area contributed by atoms with Crippen molar-refractivity contribution >= 4 is 11.9 Å². The number of rotatable bonds is 45. The van der Waals surface area contributed by atoms with Crippen molar-refractivity contribution in [3.8, 4) is 0 Å². The van der Waals surface area contributed by atoms with Crippen LogP contribution in [-0.2, 0) is 38.0 Å². The molecule has 11 unspecified atom stereocenters. The Morgan fingerprint density at radius 3 is 1.36 bits per heavy atom. The topological polar surface area (TPSA) is 231 Å². The van der Waals surface area contributed by atoms with Crippen LogP contribution in [0.5, 0.6) is 0 Å². The highest BCUT2D eigenvalue weighted by Crippen LogP contribution is 2.27. The van der Waals surface area contributed by atoms with Crippen molar-refractivity contribution in [1.82, 2.24) is 0 Å². The lowest BCUT2D eigenvalue weighted by molar-refractivity contribution is -0.332. The van der Waals surface area contributed by atoms with Gasteiger partial charge in [-0.15, -0.1) is 0 Å². The summed E-state index contributed by atoms with van der Waals surface area (Å²) in [5, 5.41) is 72.2. The molecule has 0 bridgehead atoms. The highest BCUT2D eigenvalue weighted by molar-refractivity contribution is 5.70. The number of carbonyl (C=O) groups is 2. The first-order chi connectivity index (χ1) is 35.5. The summed E-state index contributed by atoms with van der Waals surface area (Å²) >= 11 is 0. The molecule has 0 aromatic heterocycles. The van der Waals surface area contributed by atoms with E-state index < -0.39 is 92.7 Å². The van der Waals surface area contributed by atoms with Gasteiger partial charge in [0.25, 0.3) is 0 Å². The summed E-state index contributed by atoms with van der Waals surface area (Å²) in [4.78, 5) is 25.9. The Morgan fingerprint density at radius 2 is 0.863 bits per heavy atom. The van der Waals surface area contributed by atoms with Gasteiger partial charge in [-0.3, -0.25) is 9.59 Å². The number of aliphatic hydroxyl groups is 7. The summed E-state index contributed by atoms with van der Waals surface area (Å²) in [6, 6.07) is 0. The quantitative estimate of drug-likeness (QED) is 0.0171. The lowest BCUT2D eigenvalue weighted by atomic mass is 9.98. The van der Waals surface area contributed by atoms with Gasteiger partial charge in [0.1, 0.15) is 55.4 Å². The largest absolute Gasteiger partial charge is 0.462 e. The number of hydrogen-bond donors (Lipinski definition) is 7. The summed E-state index contributed by atoms with van der Waals surface area (Å²) in [7, 11) is 0. The maximum Gasteiger partial charge on any atom is 0.306 e. The van der Waals surface area contributed by atoms with Crippen molar-refractivity contribution in [2.75, 3.05) is 26.4 Å². The van der Waals surface area contributed by atoms with E-state index in [2.05, 4.69) is 62.5 Å². The van der Waals surface area contributed by atoms with E-state index in [-0.39, 0.29) is 26.1 Å². The molecule has 15 heteroatoms. The average Bonchev–Trinajstić information content (AvgIpc) is 3.38. The van der Waals surface area contributed by atoms with E-state index in [9.17, 15) is 45.3 Å². The van der Waals surface area contributed by atoms with E-state index in [0.29, 0.717) is 12.8 Å². The molecule has 73 heavy (non-hydrogen) atoms. The summed E-state index contributed by atoms with van der Waals surface area (Å²) in [6.45, 7) is 2.50. The zero-order valence-corrected chi connectivity index (χ0v) is 45.1. The predicted octanol–water partition coefficient (Wildman–Crippen LogP) is 9.44. The van der Waals surface area contributed by atoms with E-state index in [1.165, 1.54) is 96.3 Å². The highest BCUT2D eigenvalue weighted by Gasteiger charge is 2.47. The summed E-state index contributed by atoms with van der Waals surface area (Å²) in [5.41, 5.74) is 0. The van der Waals surface area contributed by atoms with Gasteiger partial charge in [-0.1, -0.05) is 197 Å². The molecule has 424 valence electrons. The highest BCUT2D eigenvalue weighted by atomic mass is 16.7. The van der Waals surface area contributed by atoms with Gasteiger partial charge < -0.3 is 64.2 Å². The van der Waals surface area contributed by atoms with Gasteiger partial charge in [-0.05, 0) is 51.4 Å². The third kappa shape index (κ3) is 32.0.